The monoisotopic (exact) mass is 352 g/mol. The van der Waals surface area contributed by atoms with E-state index in [1.165, 1.54) is 4.88 Å². The SMILES string of the molecule is Br.Cc1nc(-c2cccc(NC3N=NN=N3)c2)sc1C. The molecule has 0 unspecified atom stereocenters. The summed E-state index contributed by atoms with van der Waals surface area (Å²) >= 11 is 1.70. The van der Waals surface area contributed by atoms with Crippen molar-refractivity contribution in [3.63, 3.8) is 0 Å². The lowest BCUT2D eigenvalue weighted by Crippen LogP contribution is -2.10. The number of nitrogens with zero attached hydrogens (tertiary/aromatic N) is 5. The van der Waals surface area contributed by atoms with Gasteiger partial charge in [-0.3, -0.25) is 0 Å². The van der Waals surface area contributed by atoms with Gasteiger partial charge in [-0.2, -0.15) is 0 Å². The zero-order chi connectivity index (χ0) is 13.2. The standard InChI is InChI=1S/C12H12N6S.BrH/c1-7-8(2)19-11(13-7)9-4-3-5-10(6-9)14-12-15-17-18-16-12;/h3-6,12,14H,1-2H3;1H. The van der Waals surface area contributed by atoms with E-state index in [9.17, 15) is 0 Å². The van der Waals surface area contributed by atoms with Crippen LogP contribution < -0.4 is 5.32 Å². The van der Waals surface area contributed by atoms with Crippen molar-refractivity contribution in [2.75, 3.05) is 5.32 Å². The predicted octanol–water partition coefficient (Wildman–Crippen LogP) is 4.53. The number of halogens is 1. The number of hydrogen-bond acceptors (Lipinski definition) is 7. The van der Waals surface area contributed by atoms with Crippen molar-refractivity contribution < 1.29 is 0 Å². The molecule has 1 N–H and O–H groups in total. The van der Waals surface area contributed by atoms with Gasteiger partial charge in [0.15, 0.2) is 0 Å². The Balaban J connectivity index is 0.00000147. The molecule has 1 aromatic carbocycles. The molecule has 2 aromatic rings. The van der Waals surface area contributed by atoms with Crippen LogP contribution in [0.5, 0.6) is 0 Å². The van der Waals surface area contributed by atoms with Gasteiger partial charge < -0.3 is 5.32 Å². The van der Waals surface area contributed by atoms with Gasteiger partial charge in [-0.1, -0.05) is 12.1 Å². The molecule has 0 aliphatic carbocycles. The summed E-state index contributed by atoms with van der Waals surface area (Å²) in [6, 6.07) is 8.01. The molecule has 0 atom stereocenters. The minimum absolute atomic E-state index is 0. The van der Waals surface area contributed by atoms with E-state index in [0.717, 1.165) is 22.0 Å². The van der Waals surface area contributed by atoms with Crippen LogP contribution in [0.25, 0.3) is 10.6 Å². The Morgan fingerprint density at radius 2 is 1.90 bits per heavy atom. The number of nitrogens with one attached hydrogen (secondary N) is 1. The number of aryl methyl sites for hydroxylation is 2. The summed E-state index contributed by atoms with van der Waals surface area (Å²) in [6.07, 6.45) is -0.421. The summed E-state index contributed by atoms with van der Waals surface area (Å²) in [5.74, 6) is 0. The van der Waals surface area contributed by atoms with Crippen LogP contribution in [0, 0.1) is 13.8 Å². The summed E-state index contributed by atoms with van der Waals surface area (Å²) in [5, 5.41) is 18.7. The number of rotatable bonds is 3. The van der Waals surface area contributed by atoms with Gasteiger partial charge in [0.1, 0.15) is 5.01 Å². The third-order valence-corrected chi connectivity index (χ3v) is 3.92. The lowest BCUT2D eigenvalue weighted by atomic mass is 10.2. The largest absolute Gasteiger partial charge is 0.343 e. The topological polar surface area (TPSA) is 74.4 Å². The van der Waals surface area contributed by atoms with E-state index in [-0.39, 0.29) is 17.0 Å². The van der Waals surface area contributed by atoms with Crippen LogP contribution in [0.3, 0.4) is 0 Å². The number of benzene rings is 1. The zero-order valence-corrected chi connectivity index (χ0v) is 13.5. The van der Waals surface area contributed by atoms with Crippen LogP contribution in [0.15, 0.2) is 44.9 Å². The van der Waals surface area contributed by atoms with Gasteiger partial charge in [0.2, 0.25) is 0 Å². The number of aromatic nitrogens is 1. The van der Waals surface area contributed by atoms with Gasteiger partial charge in [0.05, 0.1) is 5.69 Å². The lowest BCUT2D eigenvalue weighted by Gasteiger charge is -2.07. The maximum Gasteiger partial charge on any atom is 0.256 e. The van der Waals surface area contributed by atoms with E-state index < -0.39 is 6.29 Å². The number of anilines is 1. The fourth-order valence-corrected chi connectivity index (χ4v) is 2.62. The van der Waals surface area contributed by atoms with Crippen molar-refractivity contribution in [1.82, 2.24) is 4.98 Å². The van der Waals surface area contributed by atoms with Gasteiger partial charge in [-0.15, -0.1) is 38.5 Å². The van der Waals surface area contributed by atoms with Crippen molar-refractivity contribution in [3.8, 4) is 10.6 Å². The number of hydrogen-bond donors (Lipinski definition) is 1. The summed E-state index contributed by atoms with van der Waals surface area (Å²) in [5.41, 5.74) is 3.09. The Bertz CT molecular complexity index is 634. The number of thiazole rings is 1. The molecule has 6 nitrogen and oxygen atoms in total. The Morgan fingerprint density at radius 1 is 1.15 bits per heavy atom. The van der Waals surface area contributed by atoms with Crippen LogP contribution in [0.4, 0.5) is 5.69 Å². The highest BCUT2D eigenvalue weighted by Crippen LogP contribution is 2.29. The van der Waals surface area contributed by atoms with E-state index in [4.69, 9.17) is 0 Å². The van der Waals surface area contributed by atoms with Gasteiger partial charge in [0.25, 0.3) is 6.29 Å². The lowest BCUT2D eigenvalue weighted by molar-refractivity contribution is 0.798. The summed E-state index contributed by atoms with van der Waals surface area (Å²) < 4.78 is 0. The predicted molar refractivity (Wildman–Crippen MR) is 84.5 cm³/mol. The maximum atomic E-state index is 4.56. The van der Waals surface area contributed by atoms with Crippen LogP contribution in [-0.2, 0) is 0 Å². The first-order chi connectivity index (χ1) is 9.22. The maximum absolute atomic E-state index is 4.56. The summed E-state index contributed by atoms with van der Waals surface area (Å²) in [7, 11) is 0. The average molecular weight is 353 g/mol. The van der Waals surface area contributed by atoms with Crippen LogP contribution in [0.1, 0.15) is 10.6 Å². The molecular formula is C12H13BrN6S. The molecule has 2 heterocycles. The highest BCUT2D eigenvalue weighted by atomic mass is 79.9. The molecule has 0 fully saturated rings. The molecule has 1 aliphatic heterocycles. The average Bonchev–Trinajstić information content (AvgIpc) is 3.01. The highest BCUT2D eigenvalue weighted by molar-refractivity contribution is 8.93. The van der Waals surface area contributed by atoms with Crippen molar-refractivity contribution in [2.24, 2.45) is 20.7 Å². The highest BCUT2D eigenvalue weighted by Gasteiger charge is 2.10. The van der Waals surface area contributed by atoms with E-state index in [2.05, 4.69) is 37.9 Å². The molecule has 0 bridgehead atoms. The van der Waals surface area contributed by atoms with E-state index in [0.29, 0.717) is 0 Å². The van der Waals surface area contributed by atoms with Gasteiger partial charge in [-0.25, -0.2) is 4.98 Å². The molecule has 1 aliphatic rings. The molecule has 0 saturated carbocycles. The van der Waals surface area contributed by atoms with Crippen LogP contribution >= 0.6 is 28.3 Å². The first-order valence-electron chi connectivity index (χ1n) is 5.83. The van der Waals surface area contributed by atoms with Gasteiger partial charge in [-0.05, 0) is 36.4 Å². The van der Waals surface area contributed by atoms with Gasteiger partial charge >= 0.3 is 0 Å². The van der Waals surface area contributed by atoms with Crippen LogP contribution in [0.2, 0.25) is 0 Å². The van der Waals surface area contributed by atoms with Crippen molar-refractivity contribution >= 4 is 34.0 Å². The fraction of sp³-hybridized carbons (Fsp3) is 0.250. The molecular weight excluding hydrogens is 340 g/mol. The molecule has 20 heavy (non-hydrogen) atoms. The Labute approximate surface area is 130 Å². The fourth-order valence-electron chi connectivity index (χ4n) is 1.71. The second-order valence-corrected chi connectivity index (χ2v) is 5.37. The molecule has 0 spiro atoms. The van der Waals surface area contributed by atoms with Crippen molar-refractivity contribution in [1.29, 1.82) is 0 Å². The quantitative estimate of drug-likeness (QED) is 0.880. The first-order valence-corrected chi connectivity index (χ1v) is 6.65. The van der Waals surface area contributed by atoms with Crippen molar-refractivity contribution in [3.05, 3.63) is 34.8 Å². The third kappa shape index (κ3) is 3.07. The van der Waals surface area contributed by atoms with E-state index >= 15 is 0 Å². The molecule has 0 saturated heterocycles. The Kier molecular flexibility index (Phi) is 4.56. The summed E-state index contributed by atoms with van der Waals surface area (Å²) in [6.45, 7) is 4.11. The Hall–Kier alpha value is -1.67. The molecule has 3 rings (SSSR count). The minimum Gasteiger partial charge on any atom is -0.343 e. The second-order valence-electron chi connectivity index (χ2n) is 4.17. The smallest absolute Gasteiger partial charge is 0.256 e. The Morgan fingerprint density at radius 3 is 2.55 bits per heavy atom. The molecule has 0 radical (unpaired) electrons. The molecule has 0 amide bonds. The normalized spacial score (nSPS) is 13.5. The minimum atomic E-state index is -0.421. The van der Waals surface area contributed by atoms with Gasteiger partial charge in [0, 0.05) is 16.1 Å². The van der Waals surface area contributed by atoms with Crippen LogP contribution in [-0.4, -0.2) is 11.3 Å². The molecule has 8 heteroatoms. The first kappa shape index (κ1) is 14.7. The van der Waals surface area contributed by atoms with E-state index in [1.54, 1.807) is 11.3 Å². The molecule has 104 valence electrons. The zero-order valence-electron chi connectivity index (χ0n) is 10.9. The molecule has 1 aromatic heterocycles. The van der Waals surface area contributed by atoms with Crippen molar-refractivity contribution in [2.45, 2.75) is 20.1 Å². The summed E-state index contributed by atoms with van der Waals surface area (Å²) in [4.78, 5) is 5.80. The second kappa shape index (κ2) is 6.19. The third-order valence-electron chi connectivity index (χ3n) is 2.80. The van der Waals surface area contributed by atoms with E-state index in [1.807, 2.05) is 31.2 Å².